The van der Waals surface area contributed by atoms with Crippen LogP contribution in [0.2, 0.25) is 0 Å². The smallest absolute Gasteiger partial charge is 0.408 e. The third-order valence-electron chi connectivity index (χ3n) is 6.34. The van der Waals surface area contributed by atoms with Crippen LogP contribution in [0.5, 0.6) is 0 Å². The largest absolute Gasteiger partial charge is 0.444 e. The lowest BCUT2D eigenvalue weighted by molar-refractivity contribution is -0.143. The van der Waals surface area contributed by atoms with Crippen LogP contribution in [0.15, 0.2) is 48.5 Å². The molecule has 0 heterocycles. The van der Waals surface area contributed by atoms with Crippen molar-refractivity contribution in [3.05, 3.63) is 70.8 Å². The molecule has 36 heavy (non-hydrogen) atoms. The normalized spacial score (nSPS) is 18.5. The summed E-state index contributed by atoms with van der Waals surface area (Å²) in [6, 6.07) is 13.8. The molecule has 0 radical (unpaired) electrons. The minimum Gasteiger partial charge on any atom is -0.444 e. The number of carbonyl (C=O) groups excluding carboxylic acids is 3. The Bertz CT molecular complexity index is 1090. The van der Waals surface area contributed by atoms with Gasteiger partial charge < -0.3 is 20.3 Å². The molecule has 3 amide bonds. The molecule has 4 atom stereocenters. The number of hydrogen-bond donors (Lipinski definition) is 2. The van der Waals surface area contributed by atoms with Gasteiger partial charge in [0.1, 0.15) is 17.7 Å². The molecule has 0 spiro atoms. The molecule has 2 N–H and O–H groups in total. The number of nitrogens with zero attached hydrogens (tertiary/aromatic N) is 1. The number of ether oxygens (including phenoxy) is 1. The Kier molecular flexibility index (Phi) is 8.43. The van der Waals surface area contributed by atoms with E-state index in [4.69, 9.17) is 4.74 Å². The molecule has 1 aliphatic rings. The van der Waals surface area contributed by atoms with E-state index in [9.17, 15) is 14.4 Å². The number of nitrogens with one attached hydrogen (secondary N) is 2. The summed E-state index contributed by atoms with van der Waals surface area (Å²) < 4.78 is 5.35. The van der Waals surface area contributed by atoms with E-state index in [-0.39, 0.29) is 23.8 Å². The topological polar surface area (TPSA) is 87.7 Å². The fraction of sp³-hybridized carbons (Fsp3) is 0.483. The second-order valence-corrected chi connectivity index (χ2v) is 10.9. The van der Waals surface area contributed by atoms with Crippen LogP contribution in [0.25, 0.3) is 0 Å². The Hall–Kier alpha value is -3.35. The average Bonchev–Trinajstić information content (AvgIpc) is 3.51. The molecule has 1 aliphatic carbocycles. The van der Waals surface area contributed by atoms with E-state index in [1.165, 1.54) is 0 Å². The summed E-state index contributed by atoms with van der Waals surface area (Å²) in [5.74, 6) is -0.296. The van der Waals surface area contributed by atoms with Crippen LogP contribution in [0.4, 0.5) is 4.79 Å². The van der Waals surface area contributed by atoms with Crippen molar-refractivity contribution in [3.8, 4) is 0 Å². The van der Waals surface area contributed by atoms with Gasteiger partial charge in [-0.3, -0.25) is 9.59 Å². The third kappa shape index (κ3) is 7.09. The highest BCUT2D eigenvalue weighted by molar-refractivity contribution is 5.92. The number of rotatable bonds is 8. The zero-order valence-corrected chi connectivity index (χ0v) is 22.4. The van der Waals surface area contributed by atoms with E-state index >= 15 is 0 Å². The van der Waals surface area contributed by atoms with Gasteiger partial charge in [0.15, 0.2) is 0 Å². The van der Waals surface area contributed by atoms with Gasteiger partial charge in [-0.15, -0.1) is 0 Å². The third-order valence-corrected chi connectivity index (χ3v) is 6.34. The Morgan fingerprint density at radius 3 is 2.28 bits per heavy atom. The van der Waals surface area contributed by atoms with Gasteiger partial charge in [0.2, 0.25) is 11.8 Å². The molecular formula is C29H39N3O4. The number of hydrogen-bond acceptors (Lipinski definition) is 4. The summed E-state index contributed by atoms with van der Waals surface area (Å²) in [6.45, 7) is 13.3. The molecule has 3 rings (SSSR count). The Morgan fingerprint density at radius 2 is 1.72 bits per heavy atom. The van der Waals surface area contributed by atoms with Crippen LogP contribution in [0.3, 0.4) is 0 Å². The van der Waals surface area contributed by atoms with E-state index in [1.54, 1.807) is 32.6 Å². The number of aryl methyl sites for hydroxylation is 2. The predicted octanol–water partition coefficient (Wildman–Crippen LogP) is 4.81. The van der Waals surface area contributed by atoms with Gasteiger partial charge in [-0.2, -0.15) is 0 Å². The van der Waals surface area contributed by atoms with Crippen LogP contribution in [-0.4, -0.2) is 40.5 Å². The lowest BCUT2D eigenvalue weighted by Crippen LogP contribution is -2.53. The van der Waals surface area contributed by atoms with Gasteiger partial charge in [-0.05, 0) is 70.6 Å². The Labute approximate surface area is 214 Å². The van der Waals surface area contributed by atoms with E-state index in [2.05, 4.69) is 17.6 Å². The minimum absolute atomic E-state index is 0.0893. The van der Waals surface area contributed by atoms with Crippen LogP contribution in [0.1, 0.15) is 69.3 Å². The minimum atomic E-state index is -0.858. The van der Waals surface area contributed by atoms with Gasteiger partial charge in [0.25, 0.3) is 0 Å². The molecule has 7 nitrogen and oxygen atoms in total. The molecule has 1 saturated carbocycles. The maximum absolute atomic E-state index is 13.8. The molecule has 0 saturated heterocycles. The summed E-state index contributed by atoms with van der Waals surface area (Å²) in [5.41, 5.74) is 3.09. The summed E-state index contributed by atoms with van der Waals surface area (Å²) >= 11 is 0. The number of benzene rings is 2. The molecule has 194 valence electrons. The van der Waals surface area contributed by atoms with E-state index < -0.39 is 23.8 Å². The summed E-state index contributed by atoms with van der Waals surface area (Å²) in [5, 5.41) is 5.70. The van der Waals surface area contributed by atoms with Crippen LogP contribution < -0.4 is 10.6 Å². The van der Waals surface area contributed by atoms with Crippen LogP contribution >= 0.6 is 0 Å². The van der Waals surface area contributed by atoms with Gasteiger partial charge in [-0.25, -0.2) is 4.79 Å². The first kappa shape index (κ1) is 27.2. The number of carbonyl (C=O) groups is 3. The molecule has 2 aromatic rings. The molecule has 2 aromatic carbocycles. The molecule has 0 aliphatic heterocycles. The lowest BCUT2D eigenvalue weighted by atomic mass is 9.96. The Balaban J connectivity index is 1.92. The predicted molar refractivity (Wildman–Crippen MR) is 140 cm³/mol. The van der Waals surface area contributed by atoms with Crippen molar-refractivity contribution in [1.82, 2.24) is 15.5 Å². The zero-order chi connectivity index (χ0) is 26.6. The number of amides is 3. The lowest BCUT2D eigenvalue weighted by Gasteiger charge is -2.35. The monoisotopic (exact) mass is 493 g/mol. The fourth-order valence-electron chi connectivity index (χ4n) is 4.37. The van der Waals surface area contributed by atoms with Crippen molar-refractivity contribution in [1.29, 1.82) is 0 Å². The first-order valence-electron chi connectivity index (χ1n) is 12.6. The van der Waals surface area contributed by atoms with Crippen LogP contribution in [-0.2, 0) is 20.9 Å². The van der Waals surface area contributed by atoms with Crippen LogP contribution in [0, 0.1) is 19.8 Å². The molecule has 4 unspecified atom stereocenters. The summed E-state index contributed by atoms with van der Waals surface area (Å²) in [4.78, 5) is 41.6. The molecule has 0 bridgehead atoms. The standard InChI is InChI=1S/C29H39N3O4/c1-18-13-14-23(19(2)15-18)25(26(33)30-17-22-11-9-8-10-12-22)32(24-16-20(24)3)27(34)21(4)31-28(35)36-29(5,6)7/h8-15,20-21,24-25H,16-17H2,1-7H3,(H,30,33)(H,31,35). The van der Waals surface area contributed by atoms with Gasteiger partial charge in [0, 0.05) is 12.6 Å². The summed E-state index contributed by atoms with van der Waals surface area (Å²) in [7, 11) is 0. The first-order chi connectivity index (χ1) is 16.9. The maximum Gasteiger partial charge on any atom is 0.408 e. The highest BCUT2D eigenvalue weighted by atomic mass is 16.6. The average molecular weight is 494 g/mol. The second kappa shape index (κ2) is 11.1. The quantitative estimate of drug-likeness (QED) is 0.552. The molecule has 0 aromatic heterocycles. The van der Waals surface area contributed by atoms with Gasteiger partial charge in [0.05, 0.1) is 0 Å². The molecule has 1 fully saturated rings. The number of alkyl carbamates (subject to hydrolysis) is 1. The van der Waals surface area contributed by atoms with Crippen molar-refractivity contribution in [2.24, 2.45) is 5.92 Å². The highest BCUT2D eigenvalue weighted by Gasteiger charge is 2.47. The van der Waals surface area contributed by atoms with E-state index in [0.717, 1.165) is 28.7 Å². The van der Waals surface area contributed by atoms with Crippen molar-refractivity contribution < 1.29 is 19.1 Å². The van der Waals surface area contributed by atoms with Crippen molar-refractivity contribution in [3.63, 3.8) is 0 Å². The van der Waals surface area contributed by atoms with Crippen molar-refractivity contribution in [2.75, 3.05) is 0 Å². The van der Waals surface area contributed by atoms with Crippen molar-refractivity contribution in [2.45, 2.75) is 85.2 Å². The molecular weight excluding hydrogens is 454 g/mol. The van der Waals surface area contributed by atoms with E-state index in [1.807, 2.05) is 62.4 Å². The van der Waals surface area contributed by atoms with Gasteiger partial charge in [-0.1, -0.05) is 61.0 Å². The highest BCUT2D eigenvalue weighted by Crippen LogP contribution is 2.41. The second-order valence-electron chi connectivity index (χ2n) is 10.9. The first-order valence-corrected chi connectivity index (χ1v) is 12.6. The van der Waals surface area contributed by atoms with Crippen molar-refractivity contribution >= 4 is 17.9 Å². The SMILES string of the molecule is Cc1ccc(C(C(=O)NCc2ccccc2)N(C(=O)C(C)NC(=O)OC(C)(C)C)C2CC2C)c(C)c1. The molecule has 7 heteroatoms. The maximum atomic E-state index is 13.8. The summed E-state index contributed by atoms with van der Waals surface area (Å²) in [6.07, 6.45) is 0.141. The van der Waals surface area contributed by atoms with Gasteiger partial charge >= 0.3 is 6.09 Å². The Morgan fingerprint density at radius 1 is 1.08 bits per heavy atom. The van der Waals surface area contributed by atoms with E-state index in [0.29, 0.717) is 6.54 Å². The fourth-order valence-corrected chi connectivity index (χ4v) is 4.37. The zero-order valence-electron chi connectivity index (χ0n) is 22.4.